The van der Waals surface area contributed by atoms with Gasteiger partial charge in [0.25, 0.3) is 5.56 Å². The molecule has 0 atom stereocenters. The van der Waals surface area contributed by atoms with Crippen molar-refractivity contribution >= 4 is 59.8 Å². The molecular weight excluding hydrogens is 501 g/mol. The standard InChI is InChI=1S/C24H22N6O2S3/c1-28-13-16-10-17(6-9-19(16)26-28)30-23(31)21(15-4-7-18(8-5-15)32-24(33,34)35)22-20(27-30)11-25-29(22)12-14-2-3-14/h4-11,13-14,33-35H,2-3,12H2,1H3. The molecule has 0 bridgehead atoms. The number of hydrogen-bond acceptors (Lipinski definition) is 8. The molecule has 0 amide bonds. The van der Waals surface area contributed by atoms with E-state index in [0.717, 1.165) is 28.5 Å². The summed E-state index contributed by atoms with van der Waals surface area (Å²) in [5, 5.41) is 14.6. The highest BCUT2D eigenvalue weighted by Gasteiger charge is 2.26. The highest BCUT2D eigenvalue weighted by molar-refractivity contribution is 8.16. The first-order valence-electron chi connectivity index (χ1n) is 11.1. The minimum Gasteiger partial charge on any atom is -0.459 e. The lowest BCUT2D eigenvalue weighted by Gasteiger charge is -2.18. The number of aromatic nitrogens is 6. The largest absolute Gasteiger partial charge is 0.459 e. The maximum absolute atomic E-state index is 14.0. The first-order valence-corrected chi connectivity index (χ1v) is 12.5. The van der Waals surface area contributed by atoms with E-state index in [4.69, 9.17) is 9.84 Å². The molecule has 35 heavy (non-hydrogen) atoms. The molecule has 0 unspecified atom stereocenters. The summed E-state index contributed by atoms with van der Waals surface area (Å²) in [6, 6.07) is 12.9. The number of hydrogen-bond donors (Lipinski definition) is 3. The molecule has 0 N–H and O–H groups in total. The fraction of sp³-hybridized carbons (Fsp3) is 0.250. The third-order valence-corrected chi connectivity index (χ3v) is 6.32. The van der Waals surface area contributed by atoms with E-state index >= 15 is 0 Å². The zero-order chi connectivity index (χ0) is 24.3. The minimum atomic E-state index is -1.22. The zero-order valence-electron chi connectivity index (χ0n) is 18.7. The Balaban J connectivity index is 1.54. The summed E-state index contributed by atoms with van der Waals surface area (Å²) < 4.78 is 9.48. The van der Waals surface area contributed by atoms with Crippen LogP contribution in [0.3, 0.4) is 0 Å². The number of rotatable bonds is 6. The van der Waals surface area contributed by atoms with Crippen molar-refractivity contribution < 1.29 is 4.74 Å². The molecule has 1 saturated carbocycles. The van der Waals surface area contributed by atoms with Crippen LogP contribution < -0.4 is 10.3 Å². The molecule has 1 fully saturated rings. The average molecular weight is 523 g/mol. The van der Waals surface area contributed by atoms with Crippen LogP contribution in [0.15, 0.2) is 59.7 Å². The van der Waals surface area contributed by atoms with Gasteiger partial charge in [0.15, 0.2) is 0 Å². The van der Waals surface area contributed by atoms with Crippen molar-refractivity contribution in [3.63, 3.8) is 0 Å². The third kappa shape index (κ3) is 4.43. The molecule has 11 heteroatoms. The number of ether oxygens (including phenoxy) is 1. The Hall–Kier alpha value is -2.89. The second-order valence-electron chi connectivity index (χ2n) is 8.84. The lowest BCUT2D eigenvalue weighted by atomic mass is 10.1. The van der Waals surface area contributed by atoms with Crippen molar-refractivity contribution in [2.45, 2.75) is 23.0 Å². The van der Waals surface area contributed by atoms with Gasteiger partial charge in [0.2, 0.25) is 3.60 Å². The Bertz CT molecular complexity index is 1630. The van der Waals surface area contributed by atoms with Crippen LogP contribution in [0, 0.1) is 5.92 Å². The first-order chi connectivity index (χ1) is 16.7. The van der Waals surface area contributed by atoms with Crippen LogP contribution in [0.2, 0.25) is 0 Å². The summed E-state index contributed by atoms with van der Waals surface area (Å²) in [4.78, 5) is 14.0. The number of thiol groups is 3. The summed E-state index contributed by atoms with van der Waals surface area (Å²) in [7, 11) is 1.87. The van der Waals surface area contributed by atoms with Crippen molar-refractivity contribution in [2.24, 2.45) is 13.0 Å². The van der Waals surface area contributed by atoms with Gasteiger partial charge in [-0.3, -0.25) is 14.2 Å². The maximum Gasteiger partial charge on any atom is 0.281 e. The van der Waals surface area contributed by atoms with Gasteiger partial charge in [0.05, 0.1) is 23.0 Å². The van der Waals surface area contributed by atoms with Crippen LogP contribution in [0.5, 0.6) is 5.75 Å². The van der Waals surface area contributed by atoms with Crippen molar-refractivity contribution in [1.29, 1.82) is 0 Å². The Kier molecular flexibility index (Phi) is 5.39. The van der Waals surface area contributed by atoms with E-state index in [-0.39, 0.29) is 5.56 Å². The van der Waals surface area contributed by atoms with E-state index in [1.165, 1.54) is 17.5 Å². The van der Waals surface area contributed by atoms with Gasteiger partial charge in [0, 0.05) is 25.2 Å². The number of nitrogens with zero attached hydrogens (tertiary/aromatic N) is 6. The quantitative estimate of drug-likeness (QED) is 0.229. The van der Waals surface area contributed by atoms with Crippen LogP contribution in [-0.4, -0.2) is 32.9 Å². The van der Waals surface area contributed by atoms with Crippen molar-refractivity contribution in [3.05, 3.63) is 65.2 Å². The smallest absolute Gasteiger partial charge is 0.281 e. The van der Waals surface area contributed by atoms with Gasteiger partial charge in [-0.15, -0.1) is 37.9 Å². The molecule has 6 rings (SSSR count). The fourth-order valence-electron chi connectivity index (χ4n) is 4.30. The van der Waals surface area contributed by atoms with Crippen LogP contribution in [0.4, 0.5) is 0 Å². The number of benzene rings is 2. The normalized spacial score (nSPS) is 14.2. The van der Waals surface area contributed by atoms with E-state index in [1.54, 1.807) is 23.0 Å². The summed E-state index contributed by atoms with van der Waals surface area (Å²) in [5.41, 5.74) is 3.98. The Labute approximate surface area is 217 Å². The summed E-state index contributed by atoms with van der Waals surface area (Å²) in [6.07, 6.45) is 6.00. The summed E-state index contributed by atoms with van der Waals surface area (Å²) in [6.45, 7) is 0.770. The van der Waals surface area contributed by atoms with Crippen molar-refractivity contribution in [2.75, 3.05) is 0 Å². The Morgan fingerprint density at radius 3 is 2.54 bits per heavy atom. The topological polar surface area (TPSA) is 79.8 Å². The predicted octanol–water partition coefficient (Wildman–Crippen LogP) is 4.33. The summed E-state index contributed by atoms with van der Waals surface area (Å²) in [5.74, 6) is 1.12. The van der Waals surface area contributed by atoms with Gasteiger partial charge < -0.3 is 4.74 Å². The van der Waals surface area contributed by atoms with E-state index < -0.39 is 3.60 Å². The monoisotopic (exact) mass is 522 g/mol. The highest BCUT2D eigenvalue weighted by atomic mass is 32.2. The van der Waals surface area contributed by atoms with Gasteiger partial charge in [-0.25, -0.2) is 0 Å². The fourth-order valence-corrected chi connectivity index (χ4v) is 4.62. The second kappa shape index (κ2) is 8.35. The van der Waals surface area contributed by atoms with Gasteiger partial charge >= 0.3 is 0 Å². The highest BCUT2D eigenvalue weighted by Crippen LogP contribution is 2.34. The average Bonchev–Trinajstić information content (AvgIpc) is 3.41. The van der Waals surface area contributed by atoms with Gasteiger partial charge in [0.1, 0.15) is 16.8 Å². The minimum absolute atomic E-state index is 0.223. The first kappa shape index (κ1) is 22.6. The molecule has 5 aromatic rings. The number of aryl methyl sites for hydroxylation is 1. The third-order valence-electron chi connectivity index (χ3n) is 6.04. The van der Waals surface area contributed by atoms with E-state index in [2.05, 4.69) is 48.1 Å². The summed E-state index contributed by atoms with van der Waals surface area (Å²) >= 11 is 12.5. The molecule has 1 aliphatic rings. The lowest BCUT2D eigenvalue weighted by molar-refractivity contribution is 0.345. The molecule has 8 nitrogen and oxygen atoms in total. The molecule has 3 heterocycles. The molecule has 0 aliphatic heterocycles. The van der Waals surface area contributed by atoms with Crippen molar-refractivity contribution in [3.8, 4) is 22.6 Å². The lowest BCUT2D eigenvalue weighted by Crippen LogP contribution is -2.24. The second-order valence-corrected chi connectivity index (χ2v) is 11.8. The molecule has 178 valence electrons. The SMILES string of the molecule is Cn1cc2cc(-n3nc4cnn(CC5CC5)c4c(-c4ccc(OC(S)(S)S)cc4)c3=O)ccc2n1. The van der Waals surface area contributed by atoms with Crippen LogP contribution in [-0.2, 0) is 13.6 Å². The molecule has 2 aromatic carbocycles. The molecule has 0 saturated heterocycles. The van der Waals surface area contributed by atoms with Gasteiger partial charge in [-0.2, -0.15) is 20.0 Å². The van der Waals surface area contributed by atoms with Crippen LogP contribution >= 0.6 is 37.9 Å². The van der Waals surface area contributed by atoms with Crippen molar-refractivity contribution in [1.82, 2.24) is 29.3 Å². The molecule has 3 aromatic heterocycles. The van der Waals surface area contributed by atoms with E-state index in [0.29, 0.717) is 28.4 Å². The Morgan fingerprint density at radius 2 is 1.83 bits per heavy atom. The van der Waals surface area contributed by atoms with E-state index in [9.17, 15) is 4.79 Å². The van der Waals surface area contributed by atoms with Crippen LogP contribution in [0.1, 0.15) is 12.8 Å². The van der Waals surface area contributed by atoms with Crippen LogP contribution in [0.25, 0.3) is 38.8 Å². The molecule has 1 aliphatic carbocycles. The molecule has 0 radical (unpaired) electrons. The maximum atomic E-state index is 14.0. The predicted molar refractivity (Wildman–Crippen MR) is 146 cm³/mol. The molecular formula is C24H22N6O2S3. The van der Waals surface area contributed by atoms with E-state index in [1.807, 2.05) is 48.3 Å². The zero-order valence-corrected chi connectivity index (χ0v) is 21.4. The number of fused-ring (bicyclic) bond motifs is 2. The Morgan fingerprint density at radius 1 is 1.06 bits per heavy atom. The van der Waals surface area contributed by atoms with Gasteiger partial charge in [-0.05, 0) is 54.7 Å². The molecule has 0 spiro atoms. The van der Waals surface area contributed by atoms with Gasteiger partial charge in [-0.1, -0.05) is 12.1 Å².